The maximum Gasteiger partial charge on any atom is 0.248 e. The van der Waals surface area contributed by atoms with Crippen molar-refractivity contribution in [2.45, 2.75) is 45.4 Å². The van der Waals surface area contributed by atoms with Crippen LogP contribution in [0.15, 0.2) is 71.5 Å². The van der Waals surface area contributed by atoms with E-state index < -0.39 is 6.10 Å². The van der Waals surface area contributed by atoms with Crippen molar-refractivity contribution in [1.82, 2.24) is 10.3 Å². The van der Waals surface area contributed by atoms with Gasteiger partial charge < -0.3 is 20.1 Å². The molecule has 1 aromatic heterocycles. The van der Waals surface area contributed by atoms with Crippen molar-refractivity contribution in [3.05, 3.63) is 110 Å². The number of nitrogens with one attached hydrogen (secondary N) is 2. The molecule has 174 valence electrons. The van der Waals surface area contributed by atoms with E-state index in [0.29, 0.717) is 30.5 Å². The molecule has 5 rings (SSSR count). The third-order valence-corrected chi connectivity index (χ3v) is 6.84. The molecule has 1 aliphatic carbocycles. The van der Waals surface area contributed by atoms with Gasteiger partial charge in [0.25, 0.3) is 0 Å². The normalized spacial score (nSPS) is 14.3. The van der Waals surface area contributed by atoms with Crippen molar-refractivity contribution in [2.75, 3.05) is 6.54 Å². The average Bonchev–Trinajstić information content (AvgIpc) is 3.23. The van der Waals surface area contributed by atoms with E-state index in [2.05, 4.69) is 36.3 Å². The molecule has 0 radical (unpaired) electrons. The monoisotopic (exact) mass is 454 g/mol. The second kappa shape index (κ2) is 9.45. The average molecular weight is 455 g/mol. The summed E-state index contributed by atoms with van der Waals surface area (Å²) in [4.78, 5) is 15.0. The summed E-state index contributed by atoms with van der Waals surface area (Å²) in [6.45, 7) is 5.15. The summed E-state index contributed by atoms with van der Waals surface area (Å²) in [6, 6.07) is 21.8. The minimum atomic E-state index is -0.705. The minimum Gasteiger partial charge on any atom is -0.487 e. The molecule has 3 N–H and O–H groups in total. The molecule has 0 aliphatic heterocycles. The maximum atomic E-state index is 12.1. The first-order chi connectivity index (χ1) is 16.5. The summed E-state index contributed by atoms with van der Waals surface area (Å²) in [5.41, 5.74) is 7.69. The van der Waals surface area contributed by atoms with Crippen molar-refractivity contribution < 1.29 is 9.84 Å². The van der Waals surface area contributed by atoms with Gasteiger partial charge >= 0.3 is 0 Å². The Morgan fingerprint density at radius 3 is 2.41 bits per heavy atom. The molecule has 0 saturated heterocycles. The fraction of sp³-hybridized carbons (Fsp3) is 0.276. The van der Waals surface area contributed by atoms with Crippen LogP contribution in [0.4, 0.5) is 0 Å². The van der Waals surface area contributed by atoms with Crippen molar-refractivity contribution in [3.8, 4) is 5.75 Å². The van der Waals surface area contributed by atoms with Crippen LogP contribution in [-0.2, 0) is 19.4 Å². The first kappa shape index (κ1) is 22.4. The van der Waals surface area contributed by atoms with Gasteiger partial charge in [0.15, 0.2) is 0 Å². The van der Waals surface area contributed by atoms with Crippen LogP contribution in [0.5, 0.6) is 5.75 Å². The first-order valence-electron chi connectivity index (χ1n) is 11.8. The highest BCUT2D eigenvalue weighted by Crippen LogP contribution is 2.31. The molecule has 0 unspecified atom stereocenters. The quantitative estimate of drug-likeness (QED) is 0.384. The number of fused-ring (bicyclic) bond motifs is 2. The molecule has 0 saturated carbocycles. The zero-order chi connectivity index (χ0) is 23.7. The molecule has 34 heavy (non-hydrogen) atoms. The smallest absolute Gasteiger partial charge is 0.248 e. The van der Waals surface area contributed by atoms with Gasteiger partial charge in [0.05, 0.1) is 11.6 Å². The summed E-state index contributed by atoms with van der Waals surface area (Å²) in [5, 5.41) is 15.4. The van der Waals surface area contributed by atoms with Crippen LogP contribution in [0.25, 0.3) is 10.9 Å². The lowest BCUT2D eigenvalue weighted by Crippen LogP contribution is -2.33. The fourth-order valence-corrected chi connectivity index (χ4v) is 4.85. The Labute approximate surface area is 199 Å². The van der Waals surface area contributed by atoms with Gasteiger partial charge in [0, 0.05) is 24.0 Å². The standard InChI is InChI=1S/C29H30N2O3/c1-18-12-21-14-23(15-22(21)13-19(18)2)30-16-26(32)24-8-10-27(29-25(24)9-11-28(33)31-29)34-17-20-6-4-3-5-7-20/h3-13,23,26,30,32H,14-17H2,1-2H3,(H,31,33)/t26-/m1/s1. The first-order valence-corrected chi connectivity index (χ1v) is 11.8. The highest BCUT2D eigenvalue weighted by molar-refractivity contribution is 5.87. The summed E-state index contributed by atoms with van der Waals surface area (Å²) in [7, 11) is 0. The number of aromatic amines is 1. The Hall–Kier alpha value is -3.41. The van der Waals surface area contributed by atoms with E-state index in [-0.39, 0.29) is 5.56 Å². The van der Waals surface area contributed by atoms with Crippen LogP contribution in [0, 0.1) is 13.8 Å². The molecular weight excluding hydrogens is 424 g/mol. The Morgan fingerprint density at radius 2 is 1.71 bits per heavy atom. The molecule has 3 aromatic carbocycles. The number of aliphatic hydroxyl groups is 1. The van der Waals surface area contributed by atoms with Crippen LogP contribution in [-0.4, -0.2) is 22.7 Å². The molecule has 0 fully saturated rings. The highest BCUT2D eigenvalue weighted by atomic mass is 16.5. The van der Waals surface area contributed by atoms with Gasteiger partial charge in [-0.1, -0.05) is 48.5 Å². The molecule has 0 spiro atoms. The molecule has 1 atom stereocenters. The fourth-order valence-electron chi connectivity index (χ4n) is 4.85. The van der Waals surface area contributed by atoms with Crippen molar-refractivity contribution in [3.63, 3.8) is 0 Å². The van der Waals surface area contributed by atoms with Gasteiger partial charge in [-0.25, -0.2) is 0 Å². The van der Waals surface area contributed by atoms with E-state index in [1.165, 1.54) is 28.3 Å². The van der Waals surface area contributed by atoms with Gasteiger partial charge in [-0.15, -0.1) is 0 Å². The van der Waals surface area contributed by atoms with Gasteiger partial charge in [-0.3, -0.25) is 4.79 Å². The number of rotatable bonds is 7. The Balaban J connectivity index is 1.32. The van der Waals surface area contributed by atoms with Crippen molar-refractivity contribution >= 4 is 10.9 Å². The lowest BCUT2D eigenvalue weighted by Gasteiger charge is -2.19. The van der Waals surface area contributed by atoms with Gasteiger partial charge in [-0.05, 0) is 72.2 Å². The molecule has 5 nitrogen and oxygen atoms in total. The number of ether oxygens (including phenoxy) is 1. The number of benzene rings is 3. The predicted molar refractivity (Wildman–Crippen MR) is 135 cm³/mol. The second-order valence-corrected chi connectivity index (χ2v) is 9.27. The number of aliphatic hydroxyl groups excluding tert-OH is 1. The summed E-state index contributed by atoms with van der Waals surface area (Å²) < 4.78 is 6.02. The lowest BCUT2D eigenvalue weighted by molar-refractivity contribution is 0.171. The van der Waals surface area contributed by atoms with E-state index in [1.807, 2.05) is 42.5 Å². The summed E-state index contributed by atoms with van der Waals surface area (Å²) in [6.07, 6.45) is 1.25. The number of hydrogen-bond donors (Lipinski definition) is 3. The molecular formula is C29H30N2O3. The van der Waals surface area contributed by atoms with Crippen LogP contribution in [0.2, 0.25) is 0 Å². The number of pyridine rings is 1. The van der Waals surface area contributed by atoms with E-state index in [9.17, 15) is 9.90 Å². The third-order valence-electron chi connectivity index (χ3n) is 6.84. The van der Waals surface area contributed by atoms with E-state index in [1.54, 1.807) is 6.07 Å². The predicted octanol–water partition coefficient (Wildman–Crippen LogP) is 4.51. The molecule has 1 heterocycles. The molecule has 4 aromatic rings. The molecule has 0 bridgehead atoms. The van der Waals surface area contributed by atoms with Crippen LogP contribution in [0.3, 0.4) is 0 Å². The zero-order valence-electron chi connectivity index (χ0n) is 19.6. The Morgan fingerprint density at radius 1 is 1.00 bits per heavy atom. The highest BCUT2D eigenvalue weighted by Gasteiger charge is 2.23. The minimum absolute atomic E-state index is 0.198. The number of hydrogen-bond acceptors (Lipinski definition) is 4. The summed E-state index contributed by atoms with van der Waals surface area (Å²) >= 11 is 0. The van der Waals surface area contributed by atoms with E-state index in [0.717, 1.165) is 29.4 Å². The third kappa shape index (κ3) is 4.63. The van der Waals surface area contributed by atoms with Crippen LogP contribution < -0.4 is 15.6 Å². The van der Waals surface area contributed by atoms with Crippen LogP contribution in [0.1, 0.15) is 39.5 Å². The SMILES string of the molecule is Cc1cc2c(cc1C)CC(NC[C@@H](O)c1ccc(OCc3ccccc3)c3[nH]c(=O)ccc13)C2. The molecule has 1 aliphatic rings. The number of aryl methyl sites for hydroxylation is 2. The van der Waals surface area contributed by atoms with Crippen molar-refractivity contribution in [2.24, 2.45) is 0 Å². The largest absolute Gasteiger partial charge is 0.487 e. The zero-order valence-corrected chi connectivity index (χ0v) is 19.6. The van der Waals surface area contributed by atoms with E-state index in [4.69, 9.17) is 4.74 Å². The van der Waals surface area contributed by atoms with Gasteiger partial charge in [0.1, 0.15) is 12.4 Å². The number of H-pyrrole nitrogens is 1. The van der Waals surface area contributed by atoms with Gasteiger partial charge in [0.2, 0.25) is 5.56 Å². The van der Waals surface area contributed by atoms with Crippen molar-refractivity contribution in [1.29, 1.82) is 0 Å². The van der Waals surface area contributed by atoms with E-state index >= 15 is 0 Å². The molecule has 5 heteroatoms. The second-order valence-electron chi connectivity index (χ2n) is 9.27. The Bertz CT molecular complexity index is 1350. The maximum absolute atomic E-state index is 12.1. The molecule has 0 amide bonds. The summed E-state index contributed by atoms with van der Waals surface area (Å²) in [5.74, 6) is 0.595. The number of aromatic nitrogens is 1. The van der Waals surface area contributed by atoms with Crippen LogP contribution >= 0.6 is 0 Å². The van der Waals surface area contributed by atoms with Gasteiger partial charge in [-0.2, -0.15) is 0 Å². The topological polar surface area (TPSA) is 74.3 Å². The Kier molecular flexibility index (Phi) is 6.22. The lowest BCUT2D eigenvalue weighted by atomic mass is 10.0.